The molecule has 4 nitrogen and oxygen atoms in total. The van der Waals surface area contributed by atoms with Crippen LogP contribution in [-0.2, 0) is 20.0 Å². The van der Waals surface area contributed by atoms with Gasteiger partial charge in [-0.1, -0.05) is 44.2 Å². The molecule has 0 fully saturated rings. The van der Waals surface area contributed by atoms with Gasteiger partial charge in [-0.3, -0.25) is 0 Å². The average Bonchev–Trinajstić information content (AvgIpc) is 2.94. The quantitative estimate of drug-likeness (QED) is 0.704. The molecule has 2 aromatic carbocycles. The highest BCUT2D eigenvalue weighted by Crippen LogP contribution is 2.30. The molecule has 0 saturated carbocycles. The highest BCUT2D eigenvalue weighted by Gasteiger charge is 2.25. The second-order valence-electron chi connectivity index (χ2n) is 7.38. The van der Waals surface area contributed by atoms with E-state index in [0.29, 0.717) is 12.5 Å². The minimum Gasteiger partial charge on any atom is -0.347 e. The molecule has 1 aliphatic rings. The number of para-hydroxylation sites is 1. The molecule has 0 saturated heterocycles. The van der Waals surface area contributed by atoms with Crippen molar-refractivity contribution < 1.29 is 4.79 Å². The number of anilines is 1. The molecule has 1 aliphatic heterocycles. The van der Waals surface area contributed by atoms with Crippen molar-refractivity contribution >= 4 is 22.6 Å². The van der Waals surface area contributed by atoms with Crippen LogP contribution in [0.2, 0.25) is 0 Å². The number of aromatic nitrogens is 1. The van der Waals surface area contributed by atoms with Gasteiger partial charge in [0.25, 0.3) is 0 Å². The molecule has 4 heteroatoms. The Kier molecular flexibility index (Phi) is 4.19. The van der Waals surface area contributed by atoms with E-state index in [9.17, 15) is 4.79 Å². The van der Waals surface area contributed by atoms with Crippen molar-refractivity contribution in [3.63, 3.8) is 0 Å². The Labute approximate surface area is 154 Å². The molecule has 0 unspecified atom stereocenters. The smallest absolute Gasteiger partial charge is 0.322 e. The topological polar surface area (TPSA) is 37.3 Å². The molecular formula is C22H25N3O. The van der Waals surface area contributed by atoms with E-state index in [0.717, 1.165) is 18.7 Å². The number of hydrogen-bond donors (Lipinski definition) is 1. The van der Waals surface area contributed by atoms with Crippen LogP contribution in [0.3, 0.4) is 0 Å². The maximum Gasteiger partial charge on any atom is 0.322 e. The third-order valence-corrected chi connectivity index (χ3v) is 5.43. The van der Waals surface area contributed by atoms with Gasteiger partial charge in [-0.2, -0.15) is 0 Å². The number of fused-ring (bicyclic) bond motifs is 3. The monoisotopic (exact) mass is 347 g/mol. The van der Waals surface area contributed by atoms with E-state index in [2.05, 4.69) is 67.2 Å². The third kappa shape index (κ3) is 2.85. The number of carbonyl (C=O) groups is 1. The number of carbonyl (C=O) groups excluding carboxylic acids is 1. The van der Waals surface area contributed by atoms with Gasteiger partial charge in [-0.25, -0.2) is 4.79 Å². The van der Waals surface area contributed by atoms with E-state index < -0.39 is 0 Å². The van der Waals surface area contributed by atoms with Gasteiger partial charge < -0.3 is 14.8 Å². The van der Waals surface area contributed by atoms with Crippen molar-refractivity contribution in [2.45, 2.75) is 32.7 Å². The van der Waals surface area contributed by atoms with Crippen molar-refractivity contribution in [3.05, 3.63) is 65.4 Å². The van der Waals surface area contributed by atoms with Crippen molar-refractivity contribution in [1.29, 1.82) is 0 Å². The van der Waals surface area contributed by atoms with Gasteiger partial charge in [-0.15, -0.1) is 0 Å². The summed E-state index contributed by atoms with van der Waals surface area (Å²) in [6.45, 7) is 5.74. The second-order valence-corrected chi connectivity index (χ2v) is 7.38. The summed E-state index contributed by atoms with van der Waals surface area (Å²) in [7, 11) is 2.12. The molecule has 0 atom stereocenters. The number of hydrogen-bond acceptors (Lipinski definition) is 1. The van der Waals surface area contributed by atoms with Gasteiger partial charge in [0.2, 0.25) is 0 Å². The van der Waals surface area contributed by atoms with Crippen LogP contribution < -0.4 is 5.32 Å². The summed E-state index contributed by atoms with van der Waals surface area (Å²) in [6, 6.07) is 16.5. The fraction of sp³-hybridized carbons (Fsp3) is 0.318. The number of nitrogens with zero attached hydrogens (tertiary/aromatic N) is 2. The zero-order valence-corrected chi connectivity index (χ0v) is 15.6. The van der Waals surface area contributed by atoms with Gasteiger partial charge in [0, 0.05) is 54.4 Å². The zero-order valence-electron chi connectivity index (χ0n) is 15.6. The van der Waals surface area contributed by atoms with Crippen LogP contribution in [0.5, 0.6) is 0 Å². The average molecular weight is 347 g/mol. The van der Waals surface area contributed by atoms with Crippen molar-refractivity contribution in [3.8, 4) is 0 Å². The van der Waals surface area contributed by atoms with Crippen LogP contribution in [0.4, 0.5) is 10.5 Å². The third-order valence-electron chi connectivity index (χ3n) is 5.43. The fourth-order valence-corrected chi connectivity index (χ4v) is 3.86. The summed E-state index contributed by atoms with van der Waals surface area (Å²) in [5.41, 5.74) is 5.99. The first-order chi connectivity index (χ1) is 12.5. The molecule has 1 aromatic heterocycles. The fourth-order valence-electron chi connectivity index (χ4n) is 3.86. The van der Waals surface area contributed by atoms with Crippen LogP contribution in [0.25, 0.3) is 10.9 Å². The van der Waals surface area contributed by atoms with Crippen LogP contribution in [-0.4, -0.2) is 22.0 Å². The molecule has 26 heavy (non-hydrogen) atoms. The zero-order chi connectivity index (χ0) is 18.3. The Bertz CT molecular complexity index is 953. The number of rotatable bonds is 2. The minimum absolute atomic E-state index is 0.0270. The van der Waals surface area contributed by atoms with E-state index in [-0.39, 0.29) is 6.03 Å². The van der Waals surface area contributed by atoms with Crippen LogP contribution in [0.15, 0.2) is 48.5 Å². The highest BCUT2D eigenvalue weighted by molar-refractivity contribution is 5.91. The first-order valence-electron chi connectivity index (χ1n) is 9.25. The Morgan fingerprint density at radius 2 is 1.81 bits per heavy atom. The highest BCUT2D eigenvalue weighted by atomic mass is 16.2. The van der Waals surface area contributed by atoms with Crippen LogP contribution >= 0.6 is 0 Å². The first kappa shape index (κ1) is 16.7. The van der Waals surface area contributed by atoms with E-state index in [1.807, 2.05) is 17.0 Å². The maximum atomic E-state index is 12.7. The molecule has 0 spiro atoms. The number of nitrogens with one attached hydrogen (secondary N) is 1. The lowest BCUT2D eigenvalue weighted by molar-refractivity contribution is 0.206. The molecule has 4 rings (SSSR count). The lowest BCUT2D eigenvalue weighted by Crippen LogP contribution is -2.39. The minimum atomic E-state index is -0.0270. The number of amides is 2. The molecule has 0 bridgehead atoms. The summed E-state index contributed by atoms with van der Waals surface area (Å²) >= 11 is 0. The van der Waals surface area contributed by atoms with E-state index >= 15 is 0 Å². The first-order valence-corrected chi connectivity index (χ1v) is 9.25. The SMILES string of the molecule is CC(C)c1ccc(NC(=O)N2CCc3c(c4ccccc4n3C)C2)cc1. The van der Waals surface area contributed by atoms with E-state index in [1.54, 1.807) is 0 Å². The standard InChI is InChI=1S/C22H25N3O/c1-15(2)16-8-10-17(11-9-16)23-22(26)25-13-12-21-19(14-25)18-6-4-5-7-20(18)24(21)3/h4-11,15H,12-14H2,1-3H3,(H,23,26). The predicted octanol–water partition coefficient (Wildman–Crippen LogP) is 4.89. The van der Waals surface area contributed by atoms with E-state index in [4.69, 9.17) is 0 Å². The molecule has 2 amide bonds. The summed E-state index contributed by atoms with van der Waals surface area (Å²) in [5.74, 6) is 0.492. The molecule has 3 aromatic rings. The van der Waals surface area contributed by atoms with Crippen LogP contribution in [0.1, 0.15) is 36.6 Å². The predicted molar refractivity (Wildman–Crippen MR) is 107 cm³/mol. The molecule has 134 valence electrons. The van der Waals surface area contributed by atoms with Gasteiger partial charge in [0.05, 0.1) is 0 Å². The molecule has 0 aliphatic carbocycles. The second kappa shape index (κ2) is 6.52. The molecule has 2 heterocycles. The summed E-state index contributed by atoms with van der Waals surface area (Å²) in [6.07, 6.45) is 0.889. The Morgan fingerprint density at radius 3 is 2.54 bits per heavy atom. The van der Waals surface area contributed by atoms with Gasteiger partial charge in [0.1, 0.15) is 0 Å². The van der Waals surface area contributed by atoms with Gasteiger partial charge in [0.15, 0.2) is 0 Å². The van der Waals surface area contributed by atoms with Crippen molar-refractivity contribution in [2.24, 2.45) is 7.05 Å². The number of aryl methyl sites for hydroxylation is 1. The van der Waals surface area contributed by atoms with Gasteiger partial charge >= 0.3 is 6.03 Å². The Balaban J connectivity index is 1.53. The summed E-state index contributed by atoms with van der Waals surface area (Å²) in [4.78, 5) is 14.7. The molecule has 0 radical (unpaired) electrons. The lowest BCUT2D eigenvalue weighted by Gasteiger charge is -2.28. The van der Waals surface area contributed by atoms with Gasteiger partial charge in [-0.05, 0) is 29.7 Å². The Morgan fingerprint density at radius 1 is 1.08 bits per heavy atom. The number of benzene rings is 2. The van der Waals surface area contributed by atoms with E-state index in [1.165, 1.54) is 27.7 Å². The Hall–Kier alpha value is -2.75. The number of urea groups is 1. The summed E-state index contributed by atoms with van der Waals surface area (Å²) < 4.78 is 2.27. The van der Waals surface area contributed by atoms with Crippen LogP contribution in [0, 0.1) is 0 Å². The lowest BCUT2D eigenvalue weighted by atomic mass is 10.0. The largest absolute Gasteiger partial charge is 0.347 e. The summed E-state index contributed by atoms with van der Waals surface area (Å²) in [5, 5.41) is 4.30. The van der Waals surface area contributed by atoms with Crippen molar-refractivity contribution in [1.82, 2.24) is 9.47 Å². The maximum absolute atomic E-state index is 12.7. The molecular weight excluding hydrogens is 322 g/mol. The van der Waals surface area contributed by atoms with Crippen molar-refractivity contribution in [2.75, 3.05) is 11.9 Å². The normalized spacial score (nSPS) is 13.9. The molecule has 1 N–H and O–H groups in total.